The summed E-state index contributed by atoms with van der Waals surface area (Å²) < 4.78 is 22.4. The lowest BCUT2D eigenvalue weighted by Crippen LogP contribution is -1.90. The maximum absolute atomic E-state index is 10.0. The molecule has 0 amide bonds. The maximum Gasteiger partial charge on any atom is 0.334 e. The summed E-state index contributed by atoms with van der Waals surface area (Å²) >= 11 is 0. The number of hydrogen-bond acceptors (Lipinski definition) is 6. The van der Waals surface area contributed by atoms with Gasteiger partial charge in [-0.1, -0.05) is 39.5 Å². The number of rotatable bonds is 10. The van der Waals surface area contributed by atoms with Gasteiger partial charge in [0.05, 0.1) is 31.3 Å². The highest BCUT2D eigenvalue weighted by Gasteiger charge is 1.84. The van der Waals surface area contributed by atoms with Crippen LogP contribution in [0.3, 0.4) is 0 Å². The number of ether oxygens (including phenoxy) is 5. The smallest absolute Gasteiger partial charge is 0.334 e. The quantitative estimate of drug-likeness (QED) is 0.337. The number of carbonyl (C=O) groups is 1. The van der Waals surface area contributed by atoms with E-state index in [1.807, 2.05) is 0 Å². The predicted molar refractivity (Wildman–Crippen MR) is 89.9 cm³/mol. The van der Waals surface area contributed by atoms with E-state index in [0.29, 0.717) is 0 Å². The van der Waals surface area contributed by atoms with Crippen LogP contribution in [0.4, 0.5) is 0 Å². The first kappa shape index (κ1) is 24.6. The van der Waals surface area contributed by atoms with Gasteiger partial charge >= 0.3 is 5.97 Å². The molecule has 0 rings (SSSR count). The highest BCUT2D eigenvalue weighted by molar-refractivity contribution is 5.81. The Kier molecular flexibility index (Phi) is 28.9. The third-order valence-electron chi connectivity index (χ3n) is 1.18. The van der Waals surface area contributed by atoms with E-state index in [-0.39, 0.29) is 0 Å². The highest BCUT2D eigenvalue weighted by atomic mass is 16.5. The van der Waals surface area contributed by atoms with Crippen LogP contribution >= 0.6 is 0 Å². The van der Waals surface area contributed by atoms with E-state index in [9.17, 15) is 4.79 Å². The van der Waals surface area contributed by atoms with E-state index < -0.39 is 5.97 Å². The second-order valence-corrected chi connectivity index (χ2v) is 2.56. The van der Waals surface area contributed by atoms with Gasteiger partial charge in [-0.25, -0.2) is 4.79 Å². The SMILES string of the molecule is C=COC(=O)C=C.C=COC=COC=C.C=COC=COC=C. The Labute approximate surface area is 137 Å². The lowest BCUT2D eigenvalue weighted by Gasteiger charge is -1.86. The van der Waals surface area contributed by atoms with Crippen molar-refractivity contribution in [1.29, 1.82) is 0 Å². The fourth-order valence-electron chi connectivity index (χ4n) is 0.481. The van der Waals surface area contributed by atoms with Gasteiger partial charge in [-0.05, 0) is 0 Å². The molecular formula is C17H22O6. The molecule has 0 aromatic rings. The van der Waals surface area contributed by atoms with E-state index in [4.69, 9.17) is 0 Å². The van der Waals surface area contributed by atoms with Crippen molar-refractivity contribution >= 4 is 5.97 Å². The molecule has 0 aromatic heterocycles. The number of hydrogen-bond donors (Lipinski definition) is 0. The van der Waals surface area contributed by atoms with Gasteiger partial charge in [-0.2, -0.15) is 0 Å². The zero-order chi connectivity index (χ0) is 18.2. The molecule has 6 heteroatoms. The molecule has 23 heavy (non-hydrogen) atoms. The number of carbonyl (C=O) groups excluding carboxylic acids is 1. The molecule has 0 bridgehead atoms. The van der Waals surface area contributed by atoms with Gasteiger partial charge in [0.1, 0.15) is 25.0 Å². The summed E-state index contributed by atoms with van der Waals surface area (Å²) in [4.78, 5) is 10.0. The minimum Gasteiger partial charge on any atom is -0.470 e. The molecule has 0 aliphatic heterocycles. The van der Waals surface area contributed by atoms with E-state index in [0.717, 1.165) is 12.3 Å². The maximum atomic E-state index is 10.0. The Morgan fingerprint density at radius 1 is 0.565 bits per heavy atom. The normalized spacial score (nSPS) is 8.00. The molecule has 6 nitrogen and oxygen atoms in total. The van der Waals surface area contributed by atoms with Crippen molar-refractivity contribution < 1.29 is 28.5 Å². The van der Waals surface area contributed by atoms with Crippen LogP contribution in [0.25, 0.3) is 0 Å². The zero-order valence-electron chi connectivity index (χ0n) is 13.0. The summed E-state index contributed by atoms with van der Waals surface area (Å²) in [5, 5.41) is 0. The largest absolute Gasteiger partial charge is 0.470 e. The monoisotopic (exact) mass is 322 g/mol. The average molecular weight is 322 g/mol. The van der Waals surface area contributed by atoms with Gasteiger partial charge in [0.2, 0.25) is 0 Å². The summed E-state index contributed by atoms with van der Waals surface area (Å²) in [6, 6.07) is 0. The summed E-state index contributed by atoms with van der Waals surface area (Å²) in [5.41, 5.74) is 0. The minimum absolute atomic E-state index is 0.477. The van der Waals surface area contributed by atoms with E-state index in [1.54, 1.807) is 0 Å². The molecule has 0 atom stereocenters. The van der Waals surface area contributed by atoms with Crippen molar-refractivity contribution in [2.45, 2.75) is 0 Å². The van der Waals surface area contributed by atoms with Crippen LogP contribution < -0.4 is 0 Å². The van der Waals surface area contributed by atoms with Gasteiger partial charge < -0.3 is 23.7 Å². The first-order valence-corrected chi connectivity index (χ1v) is 5.93. The standard InChI is InChI=1S/2C6H8O2.C5H6O2/c2*1-3-7-5-6-8-4-2;1-3-5(6)7-4-2/h2*3-6H,1-2H2;3-4H,1-2H2. The molecule has 0 aliphatic rings. The van der Waals surface area contributed by atoms with Gasteiger partial charge in [0.15, 0.2) is 0 Å². The van der Waals surface area contributed by atoms with Crippen molar-refractivity contribution in [3.05, 3.63) is 102 Å². The highest BCUT2D eigenvalue weighted by Crippen LogP contribution is 1.79. The average Bonchev–Trinajstić information content (AvgIpc) is 2.57. The lowest BCUT2D eigenvalue weighted by molar-refractivity contribution is -0.132. The molecule has 0 unspecified atom stereocenters. The van der Waals surface area contributed by atoms with Crippen LogP contribution in [0.15, 0.2) is 102 Å². The van der Waals surface area contributed by atoms with E-state index >= 15 is 0 Å². The summed E-state index contributed by atoms with van der Waals surface area (Å²) in [5.74, 6) is -0.477. The Balaban J connectivity index is -0.000000262. The summed E-state index contributed by atoms with van der Waals surface area (Å²) in [6.45, 7) is 19.5. The van der Waals surface area contributed by atoms with Gasteiger partial charge in [0, 0.05) is 6.08 Å². The molecule has 126 valence electrons. The van der Waals surface area contributed by atoms with E-state index in [1.165, 1.54) is 50.1 Å². The number of esters is 1. The fourth-order valence-corrected chi connectivity index (χ4v) is 0.481. The van der Waals surface area contributed by atoms with Gasteiger partial charge in [-0.15, -0.1) is 0 Å². The van der Waals surface area contributed by atoms with E-state index in [2.05, 4.69) is 63.2 Å². The Hall–Kier alpha value is -3.41. The molecule has 0 saturated heterocycles. The molecule has 0 aromatic carbocycles. The molecule has 0 fully saturated rings. The van der Waals surface area contributed by atoms with Gasteiger partial charge in [0.25, 0.3) is 0 Å². The van der Waals surface area contributed by atoms with Crippen LogP contribution in [0.5, 0.6) is 0 Å². The van der Waals surface area contributed by atoms with Crippen molar-refractivity contribution in [3.8, 4) is 0 Å². The van der Waals surface area contributed by atoms with Crippen LogP contribution in [0.1, 0.15) is 0 Å². The van der Waals surface area contributed by atoms with Crippen LogP contribution in [0.2, 0.25) is 0 Å². The Morgan fingerprint density at radius 3 is 1.00 bits per heavy atom. The molecule has 0 spiro atoms. The first-order valence-electron chi connectivity index (χ1n) is 5.93. The van der Waals surface area contributed by atoms with Crippen LogP contribution in [-0.4, -0.2) is 5.97 Å². The summed E-state index contributed by atoms with van der Waals surface area (Å²) in [7, 11) is 0. The first-order chi connectivity index (χ1) is 11.1. The van der Waals surface area contributed by atoms with Crippen molar-refractivity contribution in [3.63, 3.8) is 0 Å². The second kappa shape index (κ2) is 27.0. The van der Waals surface area contributed by atoms with Crippen LogP contribution in [0, 0.1) is 0 Å². The molecular weight excluding hydrogens is 300 g/mol. The second-order valence-electron chi connectivity index (χ2n) is 2.56. The van der Waals surface area contributed by atoms with Crippen molar-refractivity contribution in [2.75, 3.05) is 0 Å². The van der Waals surface area contributed by atoms with Crippen molar-refractivity contribution in [2.24, 2.45) is 0 Å². The zero-order valence-corrected chi connectivity index (χ0v) is 13.0. The Morgan fingerprint density at radius 2 is 0.870 bits per heavy atom. The molecule has 0 N–H and O–H groups in total. The molecule has 0 saturated carbocycles. The van der Waals surface area contributed by atoms with Crippen LogP contribution in [-0.2, 0) is 28.5 Å². The molecule has 0 aliphatic carbocycles. The van der Waals surface area contributed by atoms with Gasteiger partial charge in [-0.3, -0.25) is 0 Å². The lowest BCUT2D eigenvalue weighted by atomic mass is 10.7. The topological polar surface area (TPSA) is 63.2 Å². The third kappa shape index (κ3) is 38.1. The molecule has 0 heterocycles. The fraction of sp³-hybridized carbons (Fsp3) is 0. The summed E-state index contributed by atoms with van der Waals surface area (Å²) in [6.07, 6.45) is 12.7. The van der Waals surface area contributed by atoms with Crippen molar-refractivity contribution in [1.82, 2.24) is 0 Å². The molecule has 0 radical (unpaired) electrons. The Bertz CT molecular complexity index is 357. The predicted octanol–water partition coefficient (Wildman–Crippen LogP) is 4.41. The third-order valence-corrected chi connectivity index (χ3v) is 1.18. The minimum atomic E-state index is -0.477.